The Kier molecular flexibility index (Phi) is 3.30. The molecule has 0 radical (unpaired) electrons. The number of aromatic nitrogens is 3. The maximum Gasteiger partial charge on any atom is 0.206 e. The summed E-state index contributed by atoms with van der Waals surface area (Å²) in [5.74, 6) is 1.65. The van der Waals surface area contributed by atoms with Crippen molar-refractivity contribution in [1.29, 1.82) is 0 Å². The predicted octanol–water partition coefficient (Wildman–Crippen LogP) is 3.21. The highest BCUT2D eigenvalue weighted by Gasteiger charge is 2.26. The van der Waals surface area contributed by atoms with Crippen LogP contribution in [0.2, 0.25) is 0 Å². The molecule has 0 saturated heterocycles. The molecule has 0 unspecified atom stereocenters. The average Bonchev–Trinajstić information content (AvgIpc) is 2.93. The molecule has 2 aromatic rings. The number of thioether (sulfide) groups is 1. The Bertz CT molecular complexity index is 503. The second-order valence-corrected chi connectivity index (χ2v) is 6.95. The van der Waals surface area contributed by atoms with E-state index in [1.54, 1.807) is 34.4 Å². The maximum atomic E-state index is 4.65. The molecule has 0 spiro atoms. The highest BCUT2D eigenvalue weighted by molar-refractivity contribution is 8.00. The normalized spacial score (nSPS) is 15.1. The van der Waals surface area contributed by atoms with Gasteiger partial charge in [0.05, 0.1) is 10.7 Å². The van der Waals surface area contributed by atoms with E-state index >= 15 is 0 Å². The van der Waals surface area contributed by atoms with Crippen molar-refractivity contribution in [3.05, 3.63) is 16.1 Å². The van der Waals surface area contributed by atoms with E-state index in [1.165, 1.54) is 23.5 Å². The zero-order valence-electron chi connectivity index (χ0n) is 9.34. The standard InChI is InChI=1S/C10H12N4S3/c1-11-9-13-14-10(17-9)16-5-7-4-15-8(12-7)6-2-3-6/h4,6H,2-3,5H2,1H3,(H,11,13). The lowest BCUT2D eigenvalue weighted by atomic mass is 10.4. The van der Waals surface area contributed by atoms with Crippen molar-refractivity contribution in [3.63, 3.8) is 0 Å². The van der Waals surface area contributed by atoms with E-state index in [4.69, 9.17) is 0 Å². The third-order valence-electron chi connectivity index (χ3n) is 2.46. The highest BCUT2D eigenvalue weighted by atomic mass is 32.2. The molecule has 90 valence electrons. The van der Waals surface area contributed by atoms with Gasteiger partial charge in [0.1, 0.15) is 0 Å². The van der Waals surface area contributed by atoms with Crippen LogP contribution in [0.25, 0.3) is 0 Å². The minimum atomic E-state index is 0.760. The van der Waals surface area contributed by atoms with Crippen LogP contribution in [0, 0.1) is 0 Å². The molecule has 1 N–H and O–H groups in total. The zero-order valence-corrected chi connectivity index (χ0v) is 11.8. The van der Waals surface area contributed by atoms with Gasteiger partial charge in [0, 0.05) is 24.1 Å². The Balaban J connectivity index is 1.58. The number of anilines is 1. The summed E-state index contributed by atoms with van der Waals surface area (Å²) in [6, 6.07) is 0. The Labute approximate surface area is 112 Å². The van der Waals surface area contributed by atoms with Gasteiger partial charge in [-0.1, -0.05) is 23.1 Å². The van der Waals surface area contributed by atoms with Crippen LogP contribution in [0.1, 0.15) is 29.5 Å². The van der Waals surface area contributed by atoms with E-state index in [0.717, 1.165) is 21.1 Å². The van der Waals surface area contributed by atoms with E-state index < -0.39 is 0 Å². The first-order valence-electron chi connectivity index (χ1n) is 5.43. The van der Waals surface area contributed by atoms with E-state index in [0.29, 0.717) is 0 Å². The van der Waals surface area contributed by atoms with Crippen molar-refractivity contribution < 1.29 is 0 Å². The van der Waals surface area contributed by atoms with Crippen molar-refractivity contribution in [3.8, 4) is 0 Å². The molecule has 1 saturated carbocycles. The lowest BCUT2D eigenvalue weighted by Gasteiger charge is -1.92. The van der Waals surface area contributed by atoms with Crippen LogP contribution < -0.4 is 5.32 Å². The molecular formula is C10H12N4S3. The predicted molar refractivity (Wildman–Crippen MR) is 73.1 cm³/mol. The van der Waals surface area contributed by atoms with Gasteiger partial charge in [0.25, 0.3) is 0 Å². The largest absolute Gasteiger partial charge is 0.363 e. The maximum absolute atomic E-state index is 4.65. The first kappa shape index (κ1) is 11.4. The van der Waals surface area contributed by atoms with Gasteiger partial charge in [0.2, 0.25) is 5.13 Å². The van der Waals surface area contributed by atoms with E-state index in [1.807, 2.05) is 7.05 Å². The number of nitrogens with zero attached hydrogens (tertiary/aromatic N) is 3. The molecule has 7 heteroatoms. The van der Waals surface area contributed by atoms with Crippen molar-refractivity contribution in [2.75, 3.05) is 12.4 Å². The van der Waals surface area contributed by atoms with Gasteiger partial charge < -0.3 is 5.32 Å². The van der Waals surface area contributed by atoms with Gasteiger partial charge in [0.15, 0.2) is 4.34 Å². The van der Waals surface area contributed by atoms with E-state index in [9.17, 15) is 0 Å². The summed E-state index contributed by atoms with van der Waals surface area (Å²) in [6.45, 7) is 0. The van der Waals surface area contributed by atoms with Crippen molar-refractivity contribution in [2.24, 2.45) is 0 Å². The van der Waals surface area contributed by atoms with Crippen LogP contribution in [0.5, 0.6) is 0 Å². The van der Waals surface area contributed by atoms with Crippen LogP contribution in [0.3, 0.4) is 0 Å². The number of rotatable bonds is 5. The third-order valence-corrected chi connectivity index (χ3v) is 5.62. The summed E-state index contributed by atoms with van der Waals surface area (Å²) in [6.07, 6.45) is 2.64. The van der Waals surface area contributed by atoms with Crippen molar-refractivity contribution in [2.45, 2.75) is 28.9 Å². The first-order valence-corrected chi connectivity index (χ1v) is 8.11. The topological polar surface area (TPSA) is 50.7 Å². The van der Waals surface area contributed by atoms with Gasteiger partial charge in [-0.25, -0.2) is 4.98 Å². The quantitative estimate of drug-likeness (QED) is 0.854. The monoisotopic (exact) mass is 284 g/mol. The minimum Gasteiger partial charge on any atom is -0.363 e. The van der Waals surface area contributed by atoms with Crippen LogP contribution in [0.4, 0.5) is 5.13 Å². The summed E-state index contributed by atoms with van der Waals surface area (Å²) in [5, 5.41) is 15.4. The summed E-state index contributed by atoms with van der Waals surface area (Å²) >= 11 is 5.08. The van der Waals surface area contributed by atoms with Crippen LogP contribution in [-0.4, -0.2) is 22.2 Å². The second kappa shape index (κ2) is 4.91. The summed E-state index contributed by atoms with van der Waals surface area (Å²) < 4.78 is 0.996. The number of hydrogen-bond donors (Lipinski definition) is 1. The van der Waals surface area contributed by atoms with Gasteiger partial charge in [-0.2, -0.15) is 0 Å². The number of hydrogen-bond acceptors (Lipinski definition) is 7. The third kappa shape index (κ3) is 2.78. The lowest BCUT2D eigenvalue weighted by Crippen LogP contribution is -1.84. The Morgan fingerprint density at radius 2 is 2.35 bits per heavy atom. The average molecular weight is 284 g/mol. The highest BCUT2D eigenvalue weighted by Crippen LogP contribution is 2.41. The van der Waals surface area contributed by atoms with Crippen molar-refractivity contribution >= 4 is 39.6 Å². The fraction of sp³-hybridized carbons (Fsp3) is 0.500. The van der Waals surface area contributed by atoms with Crippen LogP contribution >= 0.6 is 34.4 Å². The van der Waals surface area contributed by atoms with Gasteiger partial charge in [-0.15, -0.1) is 21.5 Å². The fourth-order valence-corrected chi connectivity index (χ4v) is 4.11. The smallest absolute Gasteiger partial charge is 0.206 e. The molecule has 0 aliphatic heterocycles. The van der Waals surface area contributed by atoms with E-state index in [2.05, 4.69) is 25.9 Å². The molecule has 0 amide bonds. The Morgan fingerprint density at radius 1 is 1.47 bits per heavy atom. The lowest BCUT2D eigenvalue weighted by molar-refractivity contribution is 1.01. The molecule has 17 heavy (non-hydrogen) atoms. The Morgan fingerprint density at radius 3 is 3.06 bits per heavy atom. The Hall–Kier alpha value is -0.660. The van der Waals surface area contributed by atoms with Crippen LogP contribution in [0.15, 0.2) is 9.72 Å². The fourth-order valence-electron chi connectivity index (χ4n) is 1.41. The summed E-state index contributed by atoms with van der Waals surface area (Å²) in [5.41, 5.74) is 1.17. The second-order valence-electron chi connectivity index (χ2n) is 3.86. The summed E-state index contributed by atoms with van der Waals surface area (Å²) in [4.78, 5) is 4.65. The number of nitrogens with one attached hydrogen (secondary N) is 1. The molecule has 3 rings (SSSR count). The molecule has 0 aromatic carbocycles. The molecule has 0 bridgehead atoms. The summed E-state index contributed by atoms with van der Waals surface area (Å²) in [7, 11) is 1.86. The molecule has 1 aliphatic rings. The van der Waals surface area contributed by atoms with Crippen molar-refractivity contribution in [1.82, 2.24) is 15.2 Å². The van der Waals surface area contributed by atoms with Gasteiger partial charge in [-0.3, -0.25) is 0 Å². The van der Waals surface area contributed by atoms with Gasteiger partial charge >= 0.3 is 0 Å². The molecule has 2 aromatic heterocycles. The number of thiazole rings is 1. The first-order chi connectivity index (χ1) is 8.35. The van der Waals surface area contributed by atoms with Gasteiger partial charge in [-0.05, 0) is 12.8 Å². The molecule has 2 heterocycles. The minimum absolute atomic E-state index is 0.760. The molecule has 4 nitrogen and oxygen atoms in total. The molecular weight excluding hydrogens is 272 g/mol. The molecule has 1 aliphatic carbocycles. The van der Waals surface area contributed by atoms with Crippen LogP contribution in [-0.2, 0) is 5.75 Å². The molecule has 1 fully saturated rings. The molecule has 0 atom stereocenters. The van der Waals surface area contributed by atoms with E-state index in [-0.39, 0.29) is 0 Å². The SMILES string of the molecule is CNc1nnc(SCc2csc(C3CC3)n2)s1. The zero-order chi connectivity index (χ0) is 11.7.